The van der Waals surface area contributed by atoms with Crippen LogP contribution < -0.4 is 4.74 Å². The maximum Gasteiger partial charge on any atom is 0.416 e. The smallest absolute Gasteiger partial charge is 0.416 e. The van der Waals surface area contributed by atoms with E-state index in [0.29, 0.717) is 30.8 Å². The van der Waals surface area contributed by atoms with Crippen LogP contribution in [0.5, 0.6) is 11.5 Å². The van der Waals surface area contributed by atoms with Crippen LogP contribution in [0.2, 0.25) is 0 Å². The van der Waals surface area contributed by atoms with Gasteiger partial charge in [0, 0.05) is 19.2 Å². The monoisotopic (exact) mass is 431 g/mol. The lowest BCUT2D eigenvalue weighted by molar-refractivity contribution is -0.385. The lowest BCUT2D eigenvalue weighted by atomic mass is 10.1. The quantitative estimate of drug-likeness (QED) is 0.289. The highest BCUT2D eigenvalue weighted by atomic mass is 19.4. The second-order valence-corrected chi connectivity index (χ2v) is 6.78. The molecule has 0 radical (unpaired) electrons. The summed E-state index contributed by atoms with van der Waals surface area (Å²) in [5, 5.41) is 20.6. The number of hydrogen-bond acceptors (Lipinski definition) is 5. The van der Waals surface area contributed by atoms with Crippen LogP contribution in [0.4, 0.5) is 18.9 Å². The van der Waals surface area contributed by atoms with E-state index >= 15 is 0 Å². The van der Waals surface area contributed by atoms with Crippen LogP contribution >= 0.6 is 0 Å². The molecule has 0 saturated carbocycles. The molecule has 0 atom stereocenters. The molecule has 0 spiro atoms. The summed E-state index contributed by atoms with van der Waals surface area (Å²) in [5.74, 6) is -0.653. The number of alkyl halides is 3. The molecule has 0 unspecified atom stereocenters. The Morgan fingerprint density at radius 1 is 1.19 bits per heavy atom. The molecular weight excluding hydrogens is 415 g/mol. The van der Waals surface area contributed by atoms with Crippen molar-refractivity contribution in [2.45, 2.75) is 19.0 Å². The number of nitriles is 1. The minimum absolute atomic E-state index is 0.0699. The first kappa shape index (κ1) is 21.8. The van der Waals surface area contributed by atoms with Gasteiger partial charge in [-0.15, -0.1) is 0 Å². The molecule has 160 valence electrons. The molecule has 1 fully saturated rings. The molecule has 0 aromatic heterocycles. The van der Waals surface area contributed by atoms with Crippen molar-refractivity contribution in [1.29, 1.82) is 5.26 Å². The molecule has 31 heavy (non-hydrogen) atoms. The molecule has 1 aliphatic rings. The molecule has 2 aromatic carbocycles. The molecule has 1 saturated heterocycles. The van der Waals surface area contributed by atoms with Crippen molar-refractivity contribution in [3.8, 4) is 17.6 Å². The fourth-order valence-electron chi connectivity index (χ4n) is 3.12. The Balaban J connectivity index is 1.88. The third kappa shape index (κ3) is 5.19. The Kier molecular flexibility index (Phi) is 6.25. The number of rotatable bonds is 5. The number of amides is 1. The van der Waals surface area contributed by atoms with Crippen molar-refractivity contribution >= 4 is 17.7 Å². The van der Waals surface area contributed by atoms with Gasteiger partial charge in [-0.05, 0) is 48.7 Å². The van der Waals surface area contributed by atoms with Crippen molar-refractivity contribution < 1.29 is 27.6 Å². The van der Waals surface area contributed by atoms with Gasteiger partial charge in [-0.1, -0.05) is 12.1 Å². The molecule has 7 nitrogen and oxygen atoms in total. The van der Waals surface area contributed by atoms with E-state index in [4.69, 9.17) is 4.74 Å². The maximum absolute atomic E-state index is 12.8. The number of ether oxygens (including phenoxy) is 1. The van der Waals surface area contributed by atoms with Gasteiger partial charge in [0.2, 0.25) is 5.75 Å². The average Bonchev–Trinajstić information content (AvgIpc) is 3.26. The van der Waals surface area contributed by atoms with Gasteiger partial charge < -0.3 is 9.64 Å². The minimum Gasteiger partial charge on any atom is -0.450 e. The summed E-state index contributed by atoms with van der Waals surface area (Å²) in [4.78, 5) is 24.3. The van der Waals surface area contributed by atoms with Gasteiger partial charge in [0.05, 0.1) is 10.5 Å². The minimum atomic E-state index is -4.73. The second kappa shape index (κ2) is 8.87. The third-order valence-electron chi connectivity index (χ3n) is 4.62. The van der Waals surface area contributed by atoms with Crippen molar-refractivity contribution in [1.82, 2.24) is 4.90 Å². The topological polar surface area (TPSA) is 96.5 Å². The van der Waals surface area contributed by atoms with Crippen LogP contribution in [-0.4, -0.2) is 28.8 Å². The maximum atomic E-state index is 12.8. The molecule has 3 rings (SSSR count). The van der Waals surface area contributed by atoms with Crippen LogP contribution in [0.25, 0.3) is 6.08 Å². The Morgan fingerprint density at radius 3 is 2.52 bits per heavy atom. The number of likely N-dealkylation sites (tertiary alicyclic amines) is 1. The van der Waals surface area contributed by atoms with E-state index in [1.807, 2.05) is 6.07 Å². The molecular formula is C21H16F3N3O4. The molecule has 10 heteroatoms. The highest BCUT2D eigenvalue weighted by Crippen LogP contribution is 2.38. The SMILES string of the molecule is N#C/C(=C\c1cccc(Oc2ccc(C(F)(F)F)cc2[N+](=O)[O-])c1)C(=O)N1CCCC1. The predicted molar refractivity (Wildman–Crippen MR) is 104 cm³/mol. The van der Waals surface area contributed by atoms with Gasteiger partial charge >= 0.3 is 11.9 Å². The van der Waals surface area contributed by atoms with Gasteiger partial charge in [-0.25, -0.2) is 0 Å². The molecule has 1 aliphatic heterocycles. The lowest BCUT2D eigenvalue weighted by Gasteiger charge is -2.14. The summed E-state index contributed by atoms with van der Waals surface area (Å²) in [6.45, 7) is 1.16. The van der Waals surface area contributed by atoms with Crippen LogP contribution in [-0.2, 0) is 11.0 Å². The average molecular weight is 431 g/mol. The van der Waals surface area contributed by atoms with Gasteiger partial charge in [0.1, 0.15) is 17.4 Å². The van der Waals surface area contributed by atoms with E-state index in [0.717, 1.165) is 18.9 Å². The van der Waals surface area contributed by atoms with Crippen LogP contribution in [0.15, 0.2) is 48.0 Å². The second-order valence-electron chi connectivity index (χ2n) is 6.78. The Labute approximate surface area is 175 Å². The highest BCUT2D eigenvalue weighted by molar-refractivity contribution is 6.01. The summed E-state index contributed by atoms with van der Waals surface area (Å²) >= 11 is 0. The summed E-state index contributed by atoms with van der Waals surface area (Å²) in [5.41, 5.74) is -1.64. The molecule has 1 amide bonds. The largest absolute Gasteiger partial charge is 0.450 e. The zero-order chi connectivity index (χ0) is 22.6. The summed E-state index contributed by atoms with van der Waals surface area (Å²) in [6, 6.07) is 9.86. The molecule has 2 aromatic rings. The van der Waals surface area contributed by atoms with E-state index in [-0.39, 0.29) is 23.0 Å². The fraction of sp³-hybridized carbons (Fsp3) is 0.238. The number of nitro benzene ring substituents is 1. The van der Waals surface area contributed by atoms with Gasteiger partial charge in [-0.2, -0.15) is 18.4 Å². The first-order valence-electron chi connectivity index (χ1n) is 9.23. The zero-order valence-electron chi connectivity index (χ0n) is 16.1. The first-order chi connectivity index (χ1) is 14.7. The summed E-state index contributed by atoms with van der Waals surface area (Å²) in [6.07, 6.45) is -1.61. The van der Waals surface area contributed by atoms with Crippen molar-refractivity contribution in [2.24, 2.45) is 0 Å². The lowest BCUT2D eigenvalue weighted by Crippen LogP contribution is -2.28. The standard InChI is InChI=1S/C21H16F3N3O4/c22-21(23,24)16-6-7-19(18(12-16)27(29)30)31-17-5-3-4-14(11-17)10-15(13-25)20(28)26-8-1-2-9-26/h3-7,10-12H,1-2,8-9H2/b15-10+. The highest BCUT2D eigenvalue weighted by Gasteiger charge is 2.33. The third-order valence-corrected chi connectivity index (χ3v) is 4.62. The zero-order valence-corrected chi connectivity index (χ0v) is 16.1. The van der Waals surface area contributed by atoms with Crippen molar-refractivity contribution in [3.63, 3.8) is 0 Å². The van der Waals surface area contributed by atoms with Crippen LogP contribution in [0, 0.1) is 21.4 Å². The number of carbonyl (C=O) groups excluding carboxylic acids is 1. The first-order valence-corrected chi connectivity index (χ1v) is 9.23. The van der Waals surface area contributed by atoms with Crippen LogP contribution in [0.1, 0.15) is 24.0 Å². The van der Waals surface area contributed by atoms with E-state index in [1.54, 1.807) is 11.0 Å². The van der Waals surface area contributed by atoms with Gasteiger partial charge in [-0.3, -0.25) is 14.9 Å². The number of halogens is 3. The summed E-state index contributed by atoms with van der Waals surface area (Å²) in [7, 11) is 0. The van der Waals surface area contributed by atoms with E-state index in [2.05, 4.69) is 0 Å². The number of nitrogens with zero attached hydrogens (tertiary/aromatic N) is 3. The van der Waals surface area contributed by atoms with E-state index < -0.39 is 22.4 Å². The molecule has 0 N–H and O–H groups in total. The van der Waals surface area contributed by atoms with E-state index in [9.17, 15) is 33.3 Å². The Morgan fingerprint density at radius 2 is 1.90 bits per heavy atom. The number of carbonyl (C=O) groups is 1. The Hall–Kier alpha value is -3.87. The Bertz CT molecular complexity index is 1080. The van der Waals surface area contributed by atoms with E-state index in [1.165, 1.54) is 24.3 Å². The normalized spacial score (nSPS) is 14.3. The molecule has 0 aliphatic carbocycles. The van der Waals surface area contributed by atoms with Gasteiger partial charge in [0.25, 0.3) is 5.91 Å². The number of benzene rings is 2. The predicted octanol–water partition coefficient (Wildman–Crippen LogP) is 4.94. The van der Waals surface area contributed by atoms with Crippen LogP contribution in [0.3, 0.4) is 0 Å². The number of nitro groups is 1. The number of hydrogen-bond donors (Lipinski definition) is 0. The molecule has 1 heterocycles. The summed E-state index contributed by atoms with van der Waals surface area (Å²) < 4.78 is 44.0. The fourth-order valence-corrected chi connectivity index (χ4v) is 3.12. The molecule has 0 bridgehead atoms. The van der Waals surface area contributed by atoms with Crippen molar-refractivity contribution in [3.05, 3.63) is 69.3 Å². The van der Waals surface area contributed by atoms with Crippen molar-refractivity contribution in [2.75, 3.05) is 13.1 Å². The van der Waals surface area contributed by atoms with Gasteiger partial charge in [0.15, 0.2) is 0 Å².